The summed E-state index contributed by atoms with van der Waals surface area (Å²) in [5.74, 6) is -0.243. The lowest BCUT2D eigenvalue weighted by molar-refractivity contribution is -0.122. The average molecular weight is 250 g/mol. The van der Waals surface area contributed by atoms with Gasteiger partial charge in [-0.25, -0.2) is 4.39 Å². The molecule has 1 atom stereocenters. The van der Waals surface area contributed by atoms with E-state index in [1.165, 1.54) is 18.6 Å². The molecule has 1 aromatic carbocycles. The molecule has 3 nitrogen and oxygen atoms in total. The molecule has 0 bridgehead atoms. The zero-order valence-electron chi connectivity index (χ0n) is 10.7. The summed E-state index contributed by atoms with van der Waals surface area (Å²) < 4.78 is 13.1. The van der Waals surface area contributed by atoms with Gasteiger partial charge >= 0.3 is 0 Å². The zero-order chi connectivity index (χ0) is 13.0. The van der Waals surface area contributed by atoms with Crippen molar-refractivity contribution in [2.45, 2.75) is 25.8 Å². The van der Waals surface area contributed by atoms with E-state index >= 15 is 0 Å². The summed E-state index contributed by atoms with van der Waals surface area (Å²) in [6.07, 6.45) is 1.75. The van der Waals surface area contributed by atoms with Gasteiger partial charge in [0.25, 0.3) is 0 Å². The minimum Gasteiger partial charge on any atom is -0.350 e. The number of amides is 1. The maximum Gasteiger partial charge on any atom is 0.221 e. The Balaban J connectivity index is 1.78. The molecule has 0 aliphatic carbocycles. The molecule has 1 saturated heterocycles. The van der Waals surface area contributed by atoms with Crippen molar-refractivity contribution in [2.75, 3.05) is 19.6 Å². The van der Waals surface area contributed by atoms with E-state index in [0.717, 1.165) is 25.2 Å². The predicted octanol–water partition coefficient (Wildman–Crippen LogP) is 2.10. The van der Waals surface area contributed by atoms with Gasteiger partial charge in [-0.2, -0.15) is 0 Å². The molecular formula is C14H19FN2O. The number of benzene rings is 1. The van der Waals surface area contributed by atoms with Crippen molar-refractivity contribution in [1.82, 2.24) is 10.2 Å². The summed E-state index contributed by atoms with van der Waals surface area (Å²) in [6, 6.07) is 6.20. The number of rotatable bonds is 5. The minimum absolute atomic E-state index is 0.0265. The fourth-order valence-corrected chi connectivity index (χ4v) is 2.04. The molecule has 1 aromatic rings. The first-order chi connectivity index (χ1) is 8.65. The molecule has 2 rings (SSSR count). The largest absolute Gasteiger partial charge is 0.350 e. The van der Waals surface area contributed by atoms with E-state index < -0.39 is 0 Å². The van der Waals surface area contributed by atoms with Gasteiger partial charge in [-0.05, 0) is 44.1 Å². The van der Waals surface area contributed by atoms with Crippen LogP contribution in [0.15, 0.2) is 24.3 Å². The zero-order valence-corrected chi connectivity index (χ0v) is 10.7. The van der Waals surface area contributed by atoms with Crippen LogP contribution in [0.5, 0.6) is 0 Å². The van der Waals surface area contributed by atoms with E-state index in [-0.39, 0.29) is 17.8 Å². The van der Waals surface area contributed by atoms with Gasteiger partial charge in [0, 0.05) is 13.0 Å². The van der Waals surface area contributed by atoms with E-state index in [1.54, 1.807) is 6.07 Å². The van der Waals surface area contributed by atoms with Gasteiger partial charge in [-0.15, -0.1) is 0 Å². The van der Waals surface area contributed by atoms with E-state index in [0.29, 0.717) is 6.42 Å². The quantitative estimate of drug-likeness (QED) is 0.868. The third-order valence-corrected chi connectivity index (χ3v) is 3.33. The SMILES string of the molecule is C[C@H](NC(=O)CCN1CCC1)c1cccc(F)c1. The van der Waals surface area contributed by atoms with Crippen molar-refractivity contribution < 1.29 is 9.18 Å². The lowest BCUT2D eigenvalue weighted by atomic mass is 10.1. The molecule has 4 heteroatoms. The molecule has 98 valence electrons. The lowest BCUT2D eigenvalue weighted by Crippen LogP contribution is -2.40. The molecule has 1 amide bonds. The number of halogens is 1. The van der Waals surface area contributed by atoms with E-state index in [4.69, 9.17) is 0 Å². The first-order valence-corrected chi connectivity index (χ1v) is 6.42. The Bertz CT molecular complexity index is 418. The third-order valence-electron chi connectivity index (χ3n) is 3.33. The van der Waals surface area contributed by atoms with Gasteiger partial charge in [0.05, 0.1) is 6.04 Å². The highest BCUT2D eigenvalue weighted by molar-refractivity contribution is 5.76. The molecule has 1 heterocycles. The Hall–Kier alpha value is -1.42. The fraction of sp³-hybridized carbons (Fsp3) is 0.500. The normalized spacial score (nSPS) is 17.0. The molecule has 0 spiro atoms. The smallest absolute Gasteiger partial charge is 0.221 e. The van der Waals surface area contributed by atoms with Crippen molar-refractivity contribution in [3.05, 3.63) is 35.6 Å². The Morgan fingerprint density at radius 1 is 1.50 bits per heavy atom. The number of carbonyl (C=O) groups excluding carboxylic acids is 1. The van der Waals surface area contributed by atoms with Crippen LogP contribution < -0.4 is 5.32 Å². The molecule has 0 saturated carbocycles. The first-order valence-electron chi connectivity index (χ1n) is 6.42. The van der Waals surface area contributed by atoms with Crippen molar-refractivity contribution >= 4 is 5.91 Å². The van der Waals surface area contributed by atoms with Crippen molar-refractivity contribution in [1.29, 1.82) is 0 Å². The molecule has 1 N–H and O–H groups in total. The molecule has 1 aliphatic heterocycles. The summed E-state index contributed by atoms with van der Waals surface area (Å²) in [5.41, 5.74) is 0.798. The van der Waals surface area contributed by atoms with Crippen LogP contribution in [0.4, 0.5) is 4.39 Å². The van der Waals surface area contributed by atoms with Crippen molar-refractivity contribution in [2.24, 2.45) is 0 Å². The molecule has 1 aliphatic rings. The van der Waals surface area contributed by atoms with E-state index in [2.05, 4.69) is 10.2 Å². The molecular weight excluding hydrogens is 231 g/mol. The van der Waals surface area contributed by atoms with Crippen LogP contribution in [0.1, 0.15) is 31.4 Å². The van der Waals surface area contributed by atoms with Gasteiger partial charge in [0.2, 0.25) is 5.91 Å². The number of hydrogen-bond acceptors (Lipinski definition) is 2. The molecule has 0 aromatic heterocycles. The van der Waals surface area contributed by atoms with Gasteiger partial charge in [0.15, 0.2) is 0 Å². The Labute approximate surface area is 107 Å². The Morgan fingerprint density at radius 2 is 2.28 bits per heavy atom. The van der Waals surface area contributed by atoms with E-state index in [9.17, 15) is 9.18 Å². The lowest BCUT2D eigenvalue weighted by Gasteiger charge is -2.30. The second kappa shape index (κ2) is 5.96. The standard InChI is InChI=1S/C14H19FN2O/c1-11(12-4-2-5-13(15)10-12)16-14(18)6-9-17-7-3-8-17/h2,4-5,10-11H,3,6-9H2,1H3,(H,16,18)/t11-/m0/s1. The van der Waals surface area contributed by atoms with Crippen molar-refractivity contribution in [3.8, 4) is 0 Å². The highest BCUT2D eigenvalue weighted by Gasteiger charge is 2.15. The van der Waals surface area contributed by atoms with Crippen molar-refractivity contribution in [3.63, 3.8) is 0 Å². The summed E-state index contributed by atoms with van der Waals surface area (Å²) >= 11 is 0. The van der Waals surface area contributed by atoms with Gasteiger partial charge in [-0.3, -0.25) is 4.79 Å². The summed E-state index contributed by atoms with van der Waals surface area (Å²) in [5, 5.41) is 2.89. The predicted molar refractivity (Wildman–Crippen MR) is 68.6 cm³/mol. The van der Waals surface area contributed by atoms with Crippen LogP contribution in [0.25, 0.3) is 0 Å². The second-order valence-corrected chi connectivity index (χ2v) is 4.79. The minimum atomic E-state index is -0.269. The van der Waals surface area contributed by atoms with Gasteiger partial charge in [-0.1, -0.05) is 12.1 Å². The van der Waals surface area contributed by atoms with E-state index in [1.807, 2.05) is 13.0 Å². The van der Waals surface area contributed by atoms with Crippen LogP contribution in [0, 0.1) is 5.82 Å². The highest BCUT2D eigenvalue weighted by atomic mass is 19.1. The van der Waals surface area contributed by atoms with Crippen LogP contribution in [-0.2, 0) is 4.79 Å². The molecule has 0 unspecified atom stereocenters. The number of nitrogens with zero attached hydrogens (tertiary/aromatic N) is 1. The monoisotopic (exact) mass is 250 g/mol. The molecule has 1 fully saturated rings. The summed E-state index contributed by atoms with van der Waals surface area (Å²) in [7, 11) is 0. The van der Waals surface area contributed by atoms with Gasteiger partial charge < -0.3 is 10.2 Å². The molecule has 18 heavy (non-hydrogen) atoms. The molecule has 0 radical (unpaired) electrons. The maximum atomic E-state index is 13.1. The Kier molecular flexibility index (Phi) is 4.31. The van der Waals surface area contributed by atoms with Gasteiger partial charge in [0.1, 0.15) is 5.82 Å². The topological polar surface area (TPSA) is 32.3 Å². The number of hydrogen-bond donors (Lipinski definition) is 1. The number of likely N-dealkylation sites (tertiary alicyclic amines) is 1. The fourth-order valence-electron chi connectivity index (χ4n) is 2.04. The summed E-state index contributed by atoms with van der Waals surface area (Å²) in [4.78, 5) is 14.0. The van der Waals surface area contributed by atoms with Crippen LogP contribution >= 0.6 is 0 Å². The Morgan fingerprint density at radius 3 is 2.89 bits per heavy atom. The van der Waals surface area contributed by atoms with Crippen LogP contribution in [0.2, 0.25) is 0 Å². The third kappa shape index (κ3) is 3.53. The highest BCUT2D eigenvalue weighted by Crippen LogP contribution is 2.13. The number of nitrogens with one attached hydrogen (secondary N) is 1. The maximum absolute atomic E-state index is 13.1. The first kappa shape index (κ1) is 13.0. The van der Waals surface area contributed by atoms with Crippen LogP contribution in [0.3, 0.4) is 0 Å². The van der Waals surface area contributed by atoms with Crippen LogP contribution in [-0.4, -0.2) is 30.4 Å². The second-order valence-electron chi connectivity index (χ2n) is 4.79. The number of carbonyl (C=O) groups is 1. The summed E-state index contributed by atoms with van der Waals surface area (Å²) in [6.45, 7) is 4.90. The average Bonchev–Trinajstić information content (AvgIpc) is 2.26.